The van der Waals surface area contributed by atoms with Crippen molar-refractivity contribution in [3.63, 3.8) is 0 Å². The fraction of sp³-hybridized carbons (Fsp3) is 0.750. The molecule has 3 N–H and O–H groups in total. The second-order valence-corrected chi connectivity index (χ2v) is 3.34. The maximum Gasteiger partial charge on any atom is 0.306 e. The van der Waals surface area contributed by atoms with E-state index >= 15 is 0 Å². The lowest BCUT2D eigenvalue weighted by Gasteiger charge is -2.27. The Morgan fingerprint density at radius 1 is 1.64 bits per heavy atom. The number of carboxylic acids is 1. The molecular weight excluding hydrogens is 188 g/mol. The topological polar surface area (TPSA) is 89.9 Å². The van der Waals surface area contributed by atoms with Gasteiger partial charge in [0.2, 0.25) is 5.91 Å². The molecule has 0 radical (unpaired) electrons. The summed E-state index contributed by atoms with van der Waals surface area (Å²) < 4.78 is 0. The molecule has 0 aliphatic carbocycles. The van der Waals surface area contributed by atoms with Gasteiger partial charge in [-0.05, 0) is 0 Å². The summed E-state index contributed by atoms with van der Waals surface area (Å²) in [5.74, 6) is -1.11. The zero-order valence-corrected chi connectivity index (χ0v) is 7.77. The molecule has 1 rings (SSSR count). The first kappa shape index (κ1) is 10.9. The number of carbonyl (C=O) groups is 2. The number of nitrogens with zero attached hydrogens (tertiary/aromatic N) is 1. The van der Waals surface area contributed by atoms with E-state index in [4.69, 9.17) is 5.11 Å². The van der Waals surface area contributed by atoms with E-state index in [0.29, 0.717) is 13.1 Å². The third kappa shape index (κ3) is 3.71. The maximum absolute atomic E-state index is 10.9. The van der Waals surface area contributed by atoms with Gasteiger partial charge in [0.15, 0.2) is 0 Å². The van der Waals surface area contributed by atoms with Gasteiger partial charge in [0, 0.05) is 19.6 Å². The number of aliphatic hydroxyl groups excluding tert-OH is 1. The van der Waals surface area contributed by atoms with E-state index in [1.807, 2.05) is 0 Å². The lowest BCUT2D eigenvalue weighted by Crippen LogP contribution is -2.49. The van der Waals surface area contributed by atoms with Crippen LogP contribution in [0.4, 0.5) is 0 Å². The van der Waals surface area contributed by atoms with Crippen LogP contribution in [-0.2, 0) is 9.59 Å². The van der Waals surface area contributed by atoms with Gasteiger partial charge in [-0.1, -0.05) is 0 Å². The van der Waals surface area contributed by atoms with Gasteiger partial charge in [-0.25, -0.2) is 0 Å². The molecule has 14 heavy (non-hydrogen) atoms. The van der Waals surface area contributed by atoms with E-state index in [1.54, 1.807) is 4.90 Å². The average Bonchev–Trinajstić information content (AvgIpc) is 2.01. The number of aliphatic carboxylic acids is 1. The Hall–Kier alpha value is -1.14. The summed E-state index contributed by atoms with van der Waals surface area (Å²) in [6.45, 7) is 1.68. The first-order chi connectivity index (χ1) is 6.58. The molecule has 80 valence electrons. The van der Waals surface area contributed by atoms with Crippen LogP contribution in [0.2, 0.25) is 0 Å². The van der Waals surface area contributed by atoms with Crippen LogP contribution in [0.3, 0.4) is 0 Å². The van der Waals surface area contributed by atoms with Gasteiger partial charge in [-0.15, -0.1) is 0 Å². The van der Waals surface area contributed by atoms with Crippen LogP contribution in [0.25, 0.3) is 0 Å². The zero-order valence-electron chi connectivity index (χ0n) is 7.77. The minimum absolute atomic E-state index is 0.0845. The van der Waals surface area contributed by atoms with Crippen molar-refractivity contribution in [1.29, 1.82) is 0 Å². The number of carboxylic acid groups (broad SMARTS) is 1. The first-order valence-corrected chi connectivity index (χ1v) is 4.47. The predicted octanol–water partition coefficient (Wildman–Crippen LogP) is -1.75. The average molecular weight is 202 g/mol. The maximum atomic E-state index is 10.9. The molecule has 0 saturated carbocycles. The molecule has 0 aromatic rings. The molecule has 0 bridgehead atoms. The first-order valence-electron chi connectivity index (χ1n) is 4.47. The third-order valence-electron chi connectivity index (χ3n) is 2.00. The Morgan fingerprint density at radius 2 is 2.36 bits per heavy atom. The molecule has 1 atom stereocenters. The highest BCUT2D eigenvalue weighted by molar-refractivity contribution is 5.78. The number of piperazine rings is 1. The number of nitrogens with one attached hydrogen (secondary N) is 1. The summed E-state index contributed by atoms with van der Waals surface area (Å²) in [7, 11) is 0. The molecule has 1 amide bonds. The van der Waals surface area contributed by atoms with E-state index in [2.05, 4.69) is 5.32 Å². The van der Waals surface area contributed by atoms with Crippen molar-refractivity contribution in [1.82, 2.24) is 10.2 Å². The summed E-state index contributed by atoms with van der Waals surface area (Å²) >= 11 is 0. The number of aliphatic hydroxyl groups is 1. The normalized spacial score (nSPS) is 20.2. The number of β-amino-alcohol motifs (C(OH)–C–C–N with tert-alkyl or cyclic N) is 1. The smallest absolute Gasteiger partial charge is 0.306 e. The molecule has 1 aliphatic rings. The Kier molecular flexibility index (Phi) is 3.84. The molecule has 1 unspecified atom stereocenters. The summed E-state index contributed by atoms with van der Waals surface area (Å²) in [6.07, 6.45) is -1.18. The minimum Gasteiger partial charge on any atom is -0.481 e. The Bertz CT molecular complexity index is 231. The van der Waals surface area contributed by atoms with Crippen LogP contribution in [0.1, 0.15) is 6.42 Å². The molecule has 0 aromatic carbocycles. The van der Waals surface area contributed by atoms with Crippen molar-refractivity contribution < 1.29 is 19.8 Å². The van der Waals surface area contributed by atoms with Crippen molar-refractivity contribution in [2.45, 2.75) is 12.5 Å². The molecule has 1 heterocycles. The molecule has 6 nitrogen and oxygen atoms in total. The van der Waals surface area contributed by atoms with Crippen LogP contribution in [0.5, 0.6) is 0 Å². The predicted molar refractivity (Wildman–Crippen MR) is 47.7 cm³/mol. The van der Waals surface area contributed by atoms with Gasteiger partial charge in [-0.3, -0.25) is 14.5 Å². The van der Waals surface area contributed by atoms with Gasteiger partial charge in [0.25, 0.3) is 0 Å². The molecule has 0 aromatic heterocycles. The van der Waals surface area contributed by atoms with E-state index in [-0.39, 0.29) is 25.4 Å². The van der Waals surface area contributed by atoms with E-state index in [1.165, 1.54) is 0 Å². The van der Waals surface area contributed by atoms with Crippen LogP contribution in [0.15, 0.2) is 0 Å². The Labute approximate surface area is 81.5 Å². The van der Waals surface area contributed by atoms with Gasteiger partial charge >= 0.3 is 5.97 Å². The summed E-state index contributed by atoms with van der Waals surface area (Å²) in [5, 5.41) is 20.4. The van der Waals surface area contributed by atoms with Crippen molar-refractivity contribution in [2.75, 3.05) is 26.2 Å². The van der Waals surface area contributed by atoms with Crippen molar-refractivity contribution >= 4 is 11.9 Å². The quantitative estimate of drug-likeness (QED) is 0.503. The second kappa shape index (κ2) is 4.92. The largest absolute Gasteiger partial charge is 0.481 e. The number of hydrogen-bond acceptors (Lipinski definition) is 4. The minimum atomic E-state index is -1.03. The molecule has 1 saturated heterocycles. The standard InChI is InChI=1S/C8H14N2O4/c11-6(3-8(13)14)4-10-2-1-9-7(12)5-10/h6,11H,1-5H2,(H,9,12)(H,13,14). The molecule has 1 aliphatic heterocycles. The number of carbonyl (C=O) groups excluding carboxylic acids is 1. The number of amides is 1. The lowest BCUT2D eigenvalue weighted by atomic mass is 10.2. The van der Waals surface area contributed by atoms with Crippen molar-refractivity contribution in [3.8, 4) is 0 Å². The fourth-order valence-corrected chi connectivity index (χ4v) is 1.41. The SMILES string of the molecule is O=C(O)CC(O)CN1CCNC(=O)C1. The number of hydrogen-bond donors (Lipinski definition) is 3. The highest BCUT2D eigenvalue weighted by Gasteiger charge is 2.19. The van der Waals surface area contributed by atoms with Crippen LogP contribution in [-0.4, -0.2) is 59.3 Å². The number of rotatable bonds is 4. The van der Waals surface area contributed by atoms with Crippen LogP contribution >= 0.6 is 0 Å². The molecule has 0 spiro atoms. The summed E-state index contributed by atoms with van der Waals surface area (Å²) in [6, 6.07) is 0. The van der Waals surface area contributed by atoms with Gasteiger partial charge in [0.05, 0.1) is 19.1 Å². The van der Waals surface area contributed by atoms with Crippen LogP contribution in [0, 0.1) is 0 Å². The monoisotopic (exact) mass is 202 g/mol. The molecular formula is C8H14N2O4. The Morgan fingerprint density at radius 3 is 2.93 bits per heavy atom. The zero-order chi connectivity index (χ0) is 10.6. The van der Waals surface area contributed by atoms with Crippen molar-refractivity contribution in [3.05, 3.63) is 0 Å². The highest BCUT2D eigenvalue weighted by Crippen LogP contribution is 1.99. The van der Waals surface area contributed by atoms with E-state index in [9.17, 15) is 14.7 Å². The molecule has 1 fully saturated rings. The fourth-order valence-electron chi connectivity index (χ4n) is 1.41. The third-order valence-corrected chi connectivity index (χ3v) is 2.00. The van der Waals surface area contributed by atoms with Gasteiger partial charge < -0.3 is 15.5 Å². The molecule has 6 heteroatoms. The van der Waals surface area contributed by atoms with Gasteiger partial charge in [0.1, 0.15) is 0 Å². The van der Waals surface area contributed by atoms with E-state index < -0.39 is 12.1 Å². The van der Waals surface area contributed by atoms with E-state index in [0.717, 1.165) is 0 Å². The van der Waals surface area contributed by atoms with Crippen LogP contribution < -0.4 is 5.32 Å². The Balaban J connectivity index is 2.28. The highest BCUT2D eigenvalue weighted by atomic mass is 16.4. The second-order valence-electron chi connectivity index (χ2n) is 3.34. The summed E-state index contributed by atoms with van der Waals surface area (Å²) in [4.78, 5) is 22.9. The van der Waals surface area contributed by atoms with Gasteiger partial charge in [-0.2, -0.15) is 0 Å². The summed E-state index contributed by atoms with van der Waals surface area (Å²) in [5.41, 5.74) is 0. The van der Waals surface area contributed by atoms with Crippen molar-refractivity contribution in [2.24, 2.45) is 0 Å². The lowest BCUT2D eigenvalue weighted by molar-refractivity contribution is -0.139.